The molecule has 134 valence electrons. The second kappa shape index (κ2) is 5.98. The second-order valence-corrected chi connectivity index (χ2v) is 6.53. The van der Waals surface area contributed by atoms with Gasteiger partial charge in [0.25, 0.3) is 5.91 Å². The summed E-state index contributed by atoms with van der Waals surface area (Å²) in [5.74, 6) is 0.521. The number of rotatable bonds is 2. The fourth-order valence-electron chi connectivity index (χ4n) is 3.51. The van der Waals surface area contributed by atoms with Gasteiger partial charge in [0.15, 0.2) is 0 Å². The smallest absolute Gasteiger partial charge is 0.256 e. The molecule has 0 spiro atoms. The van der Waals surface area contributed by atoms with E-state index in [4.69, 9.17) is 4.74 Å². The number of aromatic amines is 1. The zero-order valence-electron chi connectivity index (χ0n) is 14.7. The van der Waals surface area contributed by atoms with Gasteiger partial charge in [0.1, 0.15) is 12.3 Å². The van der Waals surface area contributed by atoms with Crippen LogP contribution in [0.2, 0.25) is 0 Å². The summed E-state index contributed by atoms with van der Waals surface area (Å²) in [6.45, 7) is 3.43. The first-order chi connectivity index (χ1) is 13.2. The lowest BCUT2D eigenvalue weighted by Gasteiger charge is -2.21. The van der Waals surface area contributed by atoms with Gasteiger partial charge in [-0.05, 0) is 36.3 Å². The zero-order chi connectivity index (χ0) is 18.4. The number of benzene rings is 1. The molecule has 1 amide bonds. The lowest BCUT2D eigenvalue weighted by molar-refractivity contribution is -0.110. The van der Waals surface area contributed by atoms with Gasteiger partial charge < -0.3 is 20.4 Å². The zero-order valence-corrected chi connectivity index (χ0v) is 14.7. The van der Waals surface area contributed by atoms with E-state index in [0.717, 1.165) is 45.9 Å². The number of fused-ring (bicyclic) bond motifs is 2. The SMILES string of the molecule is Cc1c(-c2ccc3c(c2)C(=Cc2cnc[nH]2)C(=O)N3)cnc2c1NCCO2. The van der Waals surface area contributed by atoms with Crippen LogP contribution in [-0.4, -0.2) is 34.0 Å². The van der Waals surface area contributed by atoms with Gasteiger partial charge in [-0.2, -0.15) is 0 Å². The molecule has 1 aromatic carbocycles. The summed E-state index contributed by atoms with van der Waals surface area (Å²) in [5, 5.41) is 6.28. The highest BCUT2D eigenvalue weighted by molar-refractivity contribution is 6.35. The Morgan fingerprint density at radius 2 is 2.15 bits per heavy atom. The van der Waals surface area contributed by atoms with Gasteiger partial charge in [-0.1, -0.05) is 6.07 Å². The van der Waals surface area contributed by atoms with E-state index in [2.05, 4.69) is 32.5 Å². The first-order valence-corrected chi connectivity index (χ1v) is 8.73. The first kappa shape index (κ1) is 15.6. The van der Waals surface area contributed by atoms with Crippen molar-refractivity contribution in [2.75, 3.05) is 23.8 Å². The molecule has 27 heavy (non-hydrogen) atoms. The number of imidazole rings is 1. The van der Waals surface area contributed by atoms with Crippen LogP contribution in [-0.2, 0) is 4.79 Å². The van der Waals surface area contributed by atoms with Crippen molar-refractivity contribution in [2.45, 2.75) is 6.92 Å². The largest absolute Gasteiger partial charge is 0.474 e. The molecule has 2 aromatic heterocycles. The number of pyridine rings is 1. The fraction of sp³-hybridized carbons (Fsp3) is 0.150. The number of carbonyl (C=O) groups excluding carboxylic acids is 1. The number of nitrogens with one attached hydrogen (secondary N) is 3. The van der Waals surface area contributed by atoms with Crippen LogP contribution in [0.5, 0.6) is 5.88 Å². The summed E-state index contributed by atoms with van der Waals surface area (Å²) in [4.78, 5) is 23.9. The molecule has 0 saturated carbocycles. The first-order valence-electron chi connectivity index (χ1n) is 8.73. The molecule has 3 aromatic rings. The molecule has 0 radical (unpaired) electrons. The van der Waals surface area contributed by atoms with Crippen LogP contribution in [0.25, 0.3) is 22.8 Å². The van der Waals surface area contributed by atoms with Crippen LogP contribution in [0.1, 0.15) is 16.8 Å². The molecule has 0 fully saturated rings. The van der Waals surface area contributed by atoms with Crippen molar-refractivity contribution in [2.24, 2.45) is 0 Å². The lowest BCUT2D eigenvalue weighted by Crippen LogP contribution is -2.20. The predicted octanol–water partition coefficient (Wildman–Crippen LogP) is 3.08. The highest BCUT2D eigenvalue weighted by atomic mass is 16.5. The topological polar surface area (TPSA) is 91.9 Å². The minimum absolute atomic E-state index is 0.118. The molecule has 3 N–H and O–H groups in total. The van der Waals surface area contributed by atoms with Crippen molar-refractivity contribution in [1.29, 1.82) is 0 Å². The maximum absolute atomic E-state index is 12.4. The van der Waals surface area contributed by atoms with Crippen LogP contribution in [0.4, 0.5) is 11.4 Å². The molecule has 4 heterocycles. The number of amides is 1. The third kappa shape index (κ3) is 2.55. The summed E-state index contributed by atoms with van der Waals surface area (Å²) < 4.78 is 5.61. The molecule has 0 aliphatic carbocycles. The minimum atomic E-state index is -0.118. The molecular formula is C20H17N5O2. The molecule has 0 unspecified atom stereocenters. The Kier molecular flexibility index (Phi) is 3.46. The average molecular weight is 359 g/mol. The van der Waals surface area contributed by atoms with Crippen molar-refractivity contribution < 1.29 is 9.53 Å². The molecule has 5 rings (SSSR count). The number of hydrogen-bond acceptors (Lipinski definition) is 5. The van der Waals surface area contributed by atoms with Gasteiger partial charge in [-0.25, -0.2) is 9.97 Å². The van der Waals surface area contributed by atoms with Gasteiger partial charge >= 0.3 is 0 Å². The van der Waals surface area contributed by atoms with E-state index in [1.54, 1.807) is 12.5 Å². The Bertz CT molecular complexity index is 1090. The summed E-state index contributed by atoms with van der Waals surface area (Å²) in [7, 11) is 0. The third-order valence-electron chi connectivity index (χ3n) is 4.88. The summed E-state index contributed by atoms with van der Waals surface area (Å²) in [6.07, 6.45) is 6.91. The number of carbonyl (C=O) groups is 1. The molecule has 7 heteroatoms. The molecular weight excluding hydrogens is 342 g/mol. The van der Waals surface area contributed by atoms with Crippen LogP contribution in [0.15, 0.2) is 36.9 Å². The molecule has 0 bridgehead atoms. The van der Waals surface area contributed by atoms with Crippen LogP contribution >= 0.6 is 0 Å². The van der Waals surface area contributed by atoms with Gasteiger partial charge in [-0.15, -0.1) is 0 Å². The number of H-pyrrole nitrogens is 1. The average Bonchev–Trinajstić information content (AvgIpc) is 3.31. The maximum atomic E-state index is 12.4. The van der Waals surface area contributed by atoms with Crippen molar-refractivity contribution in [3.63, 3.8) is 0 Å². The Balaban J connectivity index is 1.61. The highest BCUT2D eigenvalue weighted by Crippen LogP contribution is 2.39. The predicted molar refractivity (Wildman–Crippen MR) is 103 cm³/mol. The standard InChI is InChI=1S/C20H17N5O2/c1-11-16(9-23-20-18(11)22-4-5-27-20)12-2-3-17-14(6-12)15(19(26)25-17)7-13-8-21-10-24-13/h2-3,6-10,22H,4-5H2,1H3,(H,21,24)(H,25,26). The second-order valence-electron chi connectivity index (χ2n) is 6.53. The van der Waals surface area contributed by atoms with E-state index >= 15 is 0 Å². The van der Waals surface area contributed by atoms with E-state index in [-0.39, 0.29) is 5.91 Å². The summed E-state index contributed by atoms with van der Waals surface area (Å²) in [6, 6.07) is 5.95. The van der Waals surface area contributed by atoms with Crippen LogP contribution < -0.4 is 15.4 Å². The van der Waals surface area contributed by atoms with Gasteiger partial charge in [0, 0.05) is 29.6 Å². The Hall–Kier alpha value is -3.61. The van der Waals surface area contributed by atoms with Gasteiger partial charge in [-0.3, -0.25) is 4.79 Å². The fourth-order valence-corrected chi connectivity index (χ4v) is 3.51. The van der Waals surface area contributed by atoms with E-state index in [0.29, 0.717) is 18.1 Å². The maximum Gasteiger partial charge on any atom is 0.256 e. The molecule has 0 saturated heterocycles. The summed E-state index contributed by atoms with van der Waals surface area (Å²) >= 11 is 0. The van der Waals surface area contributed by atoms with E-state index in [1.165, 1.54) is 0 Å². The molecule has 7 nitrogen and oxygen atoms in total. The van der Waals surface area contributed by atoms with Gasteiger partial charge in [0.2, 0.25) is 5.88 Å². The molecule has 0 atom stereocenters. The number of ether oxygens (including phenoxy) is 1. The monoisotopic (exact) mass is 359 g/mol. The van der Waals surface area contributed by atoms with E-state index in [1.807, 2.05) is 30.5 Å². The van der Waals surface area contributed by atoms with Gasteiger partial charge in [0.05, 0.1) is 23.8 Å². The Morgan fingerprint density at radius 3 is 3.00 bits per heavy atom. The van der Waals surface area contributed by atoms with Crippen molar-refractivity contribution in [1.82, 2.24) is 15.0 Å². The molecule has 2 aliphatic heterocycles. The number of anilines is 2. The Morgan fingerprint density at radius 1 is 1.22 bits per heavy atom. The van der Waals surface area contributed by atoms with Crippen LogP contribution in [0.3, 0.4) is 0 Å². The van der Waals surface area contributed by atoms with Crippen LogP contribution in [0, 0.1) is 6.92 Å². The van der Waals surface area contributed by atoms with Crippen molar-refractivity contribution >= 4 is 28.9 Å². The third-order valence-corrected chi connectivity index (χ3v) is 4.88. The van der Waals surface area contributed by atoms with Crippen molar-refractivity contribution in [3.8, 4) is 17.0 Å². The lowest BCUT2D eigenvalue weighted by atomic mass is 9.96. The Labute approximate surface area is 155 Å². The highest BCUT2D eigenvalue weighted by Gasteiger charge is 2.25. The van der Waals surface area contributed by atoms with E-state index < -0.39 is 0 Å². The summed E-state index contributed by atoms with van der Waals surface area (Å²) in [5.41, 5.74) is 7.09. The number of hydrogen-bond donors (Lipinski definition) is 3. The van der Waals surface area contributed by atoms with Crippen molar-refractivity contribution in [3.05, 3.63) is 53.7 Å². The number of nitrogens with zero attached hydrogens (tertiary/aromatic N) is 2. The molecule has 2 aliphatic rings. The quantitative estimate of drug-likeness (QED) is 0.612. The normalized spacial score (nSPS) is 16.3. The van der Waals surface area contributed by atoms with E-state index in [9.17, 15) is 4.79 Å². The minimum Gasteiger partial charge on any atom is -0.474 e. The number of aromatic nitrogens is 3.